The third-order valence-electron chi connectivity index (χ3n) is 10.3. The van der Waals surface area contributed by atoms with Crippen LogP contribution in [0.25, 0.3) is 39.0 Å². The Morgan fingerprint density at radius 1 is 1.09 bits per heavy atom. The van der Waals surface area contributed by atoms with E-state index in [2.05, 4.69) is 28.3 Å². The molecule has 11 heteroatoms. The molecule has 1 N–H and O–H groups in total. The Bertz CT molecular complexity index is 1860. The molecule has 2 aromatic heterocycles. The van der Waals surface area contributed by atoms with E-state index >= 15 is 0 Å². The van der Waals surface area contributed by atoms with Crippen molar-refractivity contribution in [2.45, 2.75) is 64.0 Å². The fraction of sp³-hybridized carbons (Fsp3) is 0.444. The largest absolute Gasteiger partial charge is 0.481 e. The van der Waals surface area contributed by atoms with E-state index in [0.29, 0.717) is 59.9 Å². The quantitative estimate of drug-likeness (QED) is 0.207. The first kappa shape index (κ1) is 31.2. The zero-order chi connectivity index (χ0) is 32.9. The van der Waals surface area contributed by atoms with Crippen LogP contribution in [-0.4, -0.2) is 69.9 Å². The van der Waals surface area contributed by atoms with Gasteiger partial charge in [-0.05, 0) is 67.5 Å². The maximum absolute atomic E-state index is 13.9. The number of aryl methyl sites for hydroxylation is 1. The van der Waals surface area contributed by atoms with E-state index < -0.39 is 12.8 Å². The molecule has 8 nitrogen and oxygen atoms in total. The van der Waals surface area contributed by atoms with Crippen molar-refractivity contribution in [2.24, 2.45) is 5.41 Å². The Morgan fingerprint density at radius 2 is 1.83 bits per heavy atom. The number of carbonyl (C=O) groups excluding carboxylic acids is 1. The van der Waals surface area contributed by atoms with Crippen molar-refractivity contribution < 1.29 is 22.7 Å². The van der Waals surface area contributed by atoms with Crippen molar-refractivity contribution in [3.05, 3.63) is 60.6 Å². The molecule has 2 saturated heterocycles. The lowest BCUT2D eigenvalue weighted by Gasteiger charge is -2.54. The lowest BCUT2D eigenvalue weighted by Crippen LogP contribution is -2.61. The van der Waals surface area contributed by atoms with Crippen molar-refractivity contribution in [3.8, 4) is 16.9 Å². The minimum atomic E-state index is -4.56. The number of nitrogens with one attached hydrogen (secondary N) is 1. The lowest BCUT2D eigenvalue weighted by atomic mass is 9.72. The van der Waals surface area contributed by atoms with Crippen LogP contribution in [0.5, 0.6) is 5.75 Å². The normalized spacial score (nSPS) is 18.5. The molecular weight excluding hydrogens is 605 g/mol. The Kier molecular flexibility index (Phi) is 7.96. The van der Waals surface area contributed by atoms with Gasteiger partial charge in [-0.15, -0.1) is 0 Å². The first-order chi connectivity index (χ1) is 22.6. The van der Waals surface area contributed by atoms with Gasteiger partial charge in [0.05, 0.1) is 11.7 Å². The number of ether oxygens (including phenoxy) is 1. The topological polar surface area (TPSA) is 87.2 Å². The Labute approximate surface area is 271 Å². The number of nitrogens with zero attached hydrogens (tertiary/aromatic N) is 5. The van der Waals surface area contributed by atoms with Crippen LogP contribution < -0.4 is 9.64 Å². The molecule has 2 aliphatic heterocycles. The molecule has 0 unspecified atom stereocenters. The van der Waals surface area contributed by atoms with Gasteiger partial charge < -0.3 is 14.5 Å². The molecule has 246 valence electrons. The van der Waals surface area contributed by atoms with Gasteiger partial charge >= 0.3 is 6.18 Å². The highest BCUT2D eigenvalue weighted by atomic mass is 19.4. The predicted molar refractivity (Wildman–Crippen MR) is 177 cm³/mol. The highest BCUT2D eigenvalue weighted by Crippen LogP contribution is 2.48. The second kappa shape index (κ2) is 12.0. The van der Waals surface area contributed by atoms with Crippen LogP contribution in [0.4, 0.5) is 19.0 Å². The number of halogens is 3. The lowest BCUT2D eigenvalue weighted by molar-refractivity contribution is -0.153. The second-order valence-corrected chi connectivity index (χ2v) is 13.4. The third-order valence-corrected chi connectivity index (χ3v) is 10.3. The van der Waals surface area contributed by atoms with E-state index in [-0.39, 0.29) is 23.0 Å². The zero-order valence-corrected chi connectivity index (χ0v) is 26.6. The van der Waals surface area contributed by atoms with Crippen LogP contribution in [0.3, 0.4) is 0 Å². The summed E-state index contributed by atoms with van der Waals surface area (Å²) in [6.45, 7) is 11.0. The van der Waals surface area contributed by atoms with Crippen LogP contribution in [0.1, 0.15) is 67.8 Å². The molecule has 0 radical (unpaired) electrons. The van der Waals surface area contributed by atoms with Crippen molar-refractivity contribution in [1.29, 1.82) is 0 Å². The summed E-state index contributed by atoms with van der Waals surface area (Å²) in [5.74, 6) is 1.53. The zero-order valence-electron chi connectivity index (χ0n) is 26.6. The summed E-state index contributed by atoms with van der Waals surface area (Å²) < 4.78 is 47.4. The number of hydrogen-bond acceptors (Lipinski definition) is 6. The van der Waals surface area contributed by atoms with Gasteiger partial charge in [-0.25, -0.2) is 9.97 Å². The van der Waals surface area contributed by atoms with E-state index in [1.54, 1.807) is 12.3 Å². The number of piperidine rings is 1. The van der Waals surface area contributed by atoms with Crippen molar-refractivity contribution in [3.63, 3.8) is 0 Å². The van der Waals surface area contributed by atoms with Gasteiger partial charge in [0.1, 0.15) is 17.2 Å². The molecule has 2 aromatic carbocycles. The SMILES string of the molecule is C=CC(=O)N1CC2(CCN(c3nc(C4CCCCC4)nc4c(OCC(F)(F)F)c(-c5c(C)ccc6[nH]ncc56)c(C=C)cc34)CC2)C1. The van der Waals surface area contributed by atoms with E-state index in [9.17, 15) is 18.0 Å². The van der Waals surface area contributed by atoms with E-state index in [1.807, 2.05) is 30.0 Å². The summed E-state index contributed by atoms with van der Waals surface area (Å²) in [4.78, 5) is 26.5. The fourth-order valence-electron chi connectivity index (χ4n) is 7.77. The van der Waals surface area contributed by atoms with Gasteiger partial charge in [0, 0.05) is 53.8 Å². The average Bonchev–Trinajstić information content (AvgIpc) is 3.54. The second-order valence-electron chi connectivity index (χ2n) is 13.4. The van der Waals surface area contributed by atoms with E-state index in [4.69, 9.17) is 14.7 Å². The Hall–Kier alpha value is -4.41. The van der Waals surface area contributed by atoms with Gasteiger partial charge in [-0.3, -0.25) is 9.89 Å². The van der Waals surface area contributed by atoms with Gasteiger partial charge in [0.15, 0.2) is 12.4 Å². The number of benzene rings is 2. The number of carbonyl (C=O) groups is 1. The van der Waals surface area contributed by atoms with Crippen molar-refractivity contribution in [2.75, 3.05) is 37.7 Å². The summed E-state index contributed by atoms with van der Waals surface area (Å²) in [6.07, 6.45) is 7.06. The summed E-state index contributed by atoms with van der Waals surface area (Å²) in [5.41, 5.74) is 3.95. The standard InChI is InChI=1S/C36H39F3N6O2/c1-4-23-17-25-31(32(47-21-36(37,38)39)30(23)29-22(3)11-12-27-26(29)18-40-43-27)41-33(24-9-7-6-8-10-24)42-34(25)44-15-13-35(14-16-44)19-45(20-35)28(46)5-2/h4-5,11-12,17-18,24H,1-2,6-10,13-16,19-21H2,3H3,(H,40,43). The molecule has 3 fully saturated rings. The number of anilines is 1. The van der Waals surface area contributed by atoms with Crippen molar-refractivity contribution in [1.82, 2.24) is 25.1 Å². The highest BCUT2D eigenvalue weighted by molar-refractivity contribution is 6.07. The number of H-pyrrole nitrogens is 1. The maximum atomic E-state index is 13.9. The van der Waals surface area contributed by atoms with Crippen molar-refractivity contribution >= 4 is 39.6 Å². The third kappa shape index (κ3) is 5.74. The van der Waals surface area contributed by atoms with Gasteiger partial charge in [-0.1, -0.05) is 44.6 Å². The Balaban J connectivity index is 1.41. The van der Waals surface area contributed by atoms with Crippen LogP contribution in [-0.2, 0) is 4.79 Å². The van der Waals surface area contributed by atoms with Crippen LogP contribution >= 0.6 is 0 Å². The average molecular weight is 645 g/mol. The smallest absolute Gasteiger partial charge is 0.422 e. The molecule has 1 aliphatic carbocycles. The fourth-order valence-corrected chi connectivity index (χ4v) is 7.77. The summed E-state index contributed by atoms with van der Waals surface area (Å²) in [6, 6.07) is 5.78. The number of alkyl halides is 3. The van der Waals surface area contributed by atoms with Crippen LogP contribution in [0.2, 0.25) is 0 Å². The molecular formula is C36H39F3N6O2. The molecule has 0 atom stereocenters. The summed E-state index contributed by atoms with van der Waals surface area (Å²) >= 11 is 0. The minimum Gasteiger partial charge on any atom is -0.481 e. The number of aromatic nitrogens is 4. The first-order valence-corrected chi connectivity index (χ1v) is 16.4. The molecule has 3 aliphatic rings. The number of fused-ring (bicyclic) bond motifs is 2. The van der Waals surface area contributed by atoms with E-state index in [0.717, 1.165) is 67.0 Å². The minimum absolute atomic E-state index is 0.0440. The molecule has 1 amide bonds. The molecule has 1 saturated carbocycles. The molecule has 0 bridgehead atoms. The van der Waals surface area contributed by atoms with Gasteiger partial charge in [0.2, 0.25) is 5.91 Å². The van der Waals surface area contributed by atoms with Gasteiger partial charge in [0.25, 0.3) is 0 Å². The Morgan fingerprint density at radius 3 is 2.51 bits per heavy atom. The maximum Gasteiger partial charge on any atom is 0.422 e. The number of aromatic amines is 1. The number of rotatable bonds is 7. The molecule has 4 heterocycles. The molecule has 47 heavy (non-hydrogen) atoms. The highest BCUT2D eigenvalue weighted by Gasteiger charge is 2.46. The van der Waals surface area contributed by atoms with Crippen LogP contribution in [0.15, 0.2) is 43.6 Å². The monoisotopic (exact) mass is 644 g/mol. The predicted octanol–water partition coefficient (Wildman–Crippen LogP) is 7.73. The summed E-state index contributed by atoms with van der Waals surface area (Å²) in [7, 11) is 0. The first-order valence-electron chi connectivity index (χ1n) is 16.4. The van der Waals surface area contributed by atoms with Crippen LogP contribution in [0, 0.1) is 12.3 Å². The van der Waals surface area contributed by atoms with E-state index in [1.165, 1.54) is 6.08 Å². The molecule has 7 rings (SSSR count). The number of hydrogen-bond donors (Lipinski definition) is 1. The molecule has 4 aromatic rings. The summed E-state index contributed by atoms with van der Waals surface area (Å²) in [5, 5.41) is 8.63. The number of likely N-dealkylation sites (tertiary alicyclic amines) is 1. The molecule has 1 spiro atoms. The number of amides is 1. The van der Waals surface area contributed by atoms with Gasteiger partial charge in [-0.2, -0.15) is 18.3 Å².